The summed E-state index contributed by atoms with van der Waals surface area (Å²) in [6.07, 6.45) is 0.776. The SMILES string of the molecule is COc1ccc2c(=O)c3c(oc2c1)C(=O)N(CCCN(C)C)[C@H]3c1ccc(Cl)cc1. The van der Waals surface area contributed by atoms with Crippen molar-refractivity contribution in [1.82, 2.24) is 9.80 Å². The van der Waals surface area contributed by atoms with Crippen molar-refractivity contribution < 1.29 is 13.9 Å². The summed E-state index contributed by atoms with van der Waals surface area (Å²) in [6, 6.07) is 11.8. The fourth-order valence-electron chi connectivity index (χ4n) is 3.91. The van der Waals surface area contributed by atoms with E-state index < -0.39 is 6.04 Å². The van der Waals surface area contributed by atoms with Crippen LogP contribution in [0, 0.1) is 0 Å². The van der Waals surface area contributed by atoms with E-state index in [0.29, 0.717) is 33.8 Å². The Balaban J connectivity index is 1.87. The first-order chi connectivity index (χ1) is 14.4. The van der Waals surface area contributed by atoms with Crippen LogP contribution in [0.5, 0.6) is 5.75 Å². The van der Waals surface area contributed by atoms with Gasteiger partial charge >= 0.3 is 0 Å². The molecule has 1 aliphatic rings. The first-order valence-corrected chi connectivity index (χ1v) is 10.1. The summed E-state index contributed by atoms with van der Waals surface area (Å²) in [6.45, 7) is 1.33. The van der Waals surface area contributed by atoms with E-state index in [4.69, 9.17) is 20.8 Å². The predicted molar refractivity (Wildman–Crippen MR) is 117 cm³/mol. The third kappa shape index (κ3) is 3.57. The van der Waals surface area contributed by atoms with Gasteiger partial charge in [0.15, 0.2) is 5.43 Å². The minimum atomic E-state index is -0.505. The molecule has 6 nitrogen and oxygen atoms in total. The molecule has 30 heavy (non-hydrogen) atoms. The number of hydrogen-bond acceptors (Lipinski definition) is 5. The summed E-state index contributed by atoms with van der Waals surface area (Å²) in [5.41, 5.74) is 1.36. The summed E-state index contributed by atoms with van der Waals surface area (Å²) in [4.78, 5) is 30.5. The van der Waals surface area contributed by atoms with Crippen LogP contribution in [0.15, 0.2) is 51.7 Å². The van der Waals surface area contributed by atoms with Crippen LogP contribution in [0.2, 0.25) is 5.02 Å². The Hall–Kier alpha value is -2.83. The minimum absolute atomic E-state index is 0.102. The van der Waals surface area contributed by atoms with E-state index in [2.05, 4.69) is 4.90 Å². The molecule has 2 aromatic carbocycles. The molecule has 0 radical (unpaired) electrons. The van der Waals surface area contributed by atoms with Gasteiger partial charge in [0, 0.05) is 17.6 Å². The Bertz CT molecular complexity index is 1150. The van der Waals surface area contributed by atoms with Crippen LogP contribution < -0.4 is 10.2 Å². The Kier molecular flexibility index (Phi) is 5.54. The van der Waals surface area contributed by atoms with E-state index in [0.717, 1.165) is 18.5 Å². The van der Waals surface area contributed by atoms with E-state index in [9.17, 15) is 9.59 Å². The van der Waals surface area contributed by atoms with Crippen LogP contribution in [0.1, 0.15) is 34.1 Å². The molecule has 0 unspecified atom stereocenters. The molecule has 0 saturated carbocycles. The van der Waals surface area contributed by atoms with Gasteiger partial charge in [0.25, 0.3) is 5.91 Å². The Morgan fingerprint density at radius 1 is 1.13 bits per heavy atom. The van der Waals surface area contributed by atoms with E-state index in [1.807, 2.05) is 26.2 Å². The van der Waals surface area contributed by atoms with Crippen LogP contribution in [-0.4, -0.2) is 50.0 Å². The lowest BCUT2D eigenvalue weighted by atomic mass is 9.98. The second-order valence-corrected chi connectivity index (χ2v) is 8.08. The third-order valence-corrected chi connectivity index (χ3v) is 5.62. The molecule has 1 aliphatic heterocycles. The fraction of sp³-hybridized carbons (Fsp3) is 0.304. The zero-order valence-corrected chi connectivity index (χ0v) is 17.9. The number of amides is 1. The van der Waals surface area contributed by atoms with Gasteiger partial charge in [0.2, 0.25) is 5.76 Å². The van der Waals surface area contributed by atoms with Gasteiger partial charge in [-0.2, -0.15) is 0 Å². The lowest BCUT2D eigenvalue weighted by Crippen LogP contribution is -2.32. The highest BCUT2D eigenvalue weighted by molar-refractivity contribution is 6.30. The Labute approximate surface area is 179 Å². The number of benzene rings is 2. The molecule has 3 aromatic rings. The summed E-state index contributed by atoms with van der Waals surface area (Å²) in [5, 5.41) is 1.02. The summed E-state index contributed by atoms with van der Waals surface area (Å²) in [7, 11) is 5.52. The number of fused-ring (bicyclic) bond motifs is 2. The van der Waals surface area contributed by atoms with Crippen molar-refractivity contribution in [3.63, 3.8) is 0 Å². The van der Waals surface area contributed by atoms with Crippen LogP contribution in [0.3, 0.4) is 0 Å². The average Bonchev–Trinajstić information content (AvgIpc) is 3.00. The van der Waals surface area contributed by atoms with Crippen LogP contribution >= 0.6 is 11.6 Å². The standard InChI is InChI=1S/C23H23ClN2O4/c1-25(2)11-4-12-26-20(14-5-7-15(24)8-6-14)19-21(27)17-10-9-16(29-3)13-18(17)30-22(19)23(26)28/h5-10,13,20H,4,11-12H2,1-3H3/t20-/m0/s1. The number of rotatable bonds is 6. The largest absolute Gasteiger partial charge is 0.497 e. The molecule has 0 saturated heterocycles. The number of hydrogen-bond donors (Lipinski definition) is 0. The molecule has 0 aliphatic carbocycles. The molecule has 0 N–H and O–H groups in total. The summed E-state index contributed by atoms with van der Waals surface area (Å²) < 4.78 is 11.2. The van der Waals surface area contributed by atoms with Gasteiger partial charge in [-0.25, -0.2) is 0 Å². The maximum atomic E-state index is 13.4. The van der Waals surface area contributed by atoms with Gasteiger partial charge in [0.1, 0.15) is 11.3 Å². The number of nitrogens with zero attached hydrogens (tertiary/aromatic N) is 2. The maximum Gasteiger partial charge on any atom is 0.290 e. The third-order valence-electron chi connectivity index (χ3n) is 5.36. The molecule has 4 rings (SSSR count). The molecular weight excluding hydrogens is 404 g/mol. The van der Waals surface area contributed by atoms with Gasteiger partial charge in [-0.15, -0.1) is 0 Å². The van der Waals surface area contributed by atoms with E-state index in [-0.39, 0.29) is 17.1 Å². The fourth-order valence-corrected chi connectivity index (χ4v) is 4.03. The molecule has 7 heteroatoms. The maximum absolute atomic E-state index is 13.4. The first kappa shape index (κ1) is 20.4. The normalized spacial score (nSPS) is 15.8. The number of carbonyl (C=O) groups is 1. The van der Waals surface area contributed by atoms with E-state index >= 15 is 0 Å². The van der Waals surface area contributed by atoms with Gasteiger partial charge in [-0.05, 0) is 56.9 Å². The second-order valence-electron chi connectivity index (χ2n) is 7.65. The van der Waals surface area contributed by atoms with Crippen LogP contribution in [0.25, 0.3) is 11.0 Å². The molecule has 1 aromatic heterocycles. The Morgan fingerprint density at radius 3 is 2.53 bits per heavy atom. The molecule has 2 heterocycles. The molecular formula is C23H23ClN2O4. The lowest BCUT2D eigenvalue weighted by Gasteiger charge is -2.25. The number of carbonyl (C=O) groups excluding carboxylic acids is 1. The minimum Gasteiger partial charge on any atom is -0.497 e. The van der Waals surface area contributed by atoms with Crippen molar-refractivity contribution in [2.75, 3.05) is 34.3 Å². The zero-order chi connectivity index (χ0) is 21.4. The van der Waals surface area contributed by atoms with Crippen molar-refractivity contribution in [2.45, 2.75) is 12.5 Å². The number of methoxy groups -OCH3 is 1. The highest BCUT2D eigenvalue weighted by Crippen LogP contribution is 2.38. The number of halogens is 1. The summed E-state index contributed by atoms with van der Waals surface area (Å²) >= 11 is 6.06. The quantitative estimate of drug-likeness (QED) is 0.597. The molecule has 156 valence electrons. The number of ether oxygens (including phenoxy) is 1. The molecule has 0 fully saturated rings. The monoisotopic (exact) mass is 426 g/mol. The molecule has 1 amide bonds. The van der Waals surface area contributed by atoms with Gasteiger partial charge in [-0.1, -0.05) is 23.7 Å². The zero-order valence-electron chi connectivity index (χ0n) is 17.1. The van der Waals surface area contributed by atoms with Gasteiger partial charge < -0.3 is 19.0 Å². The van der Waals surface area contributed by atoms with Crippen molar-refractivity contribution >= 4 is 28.5 Å². The van der Waals surface area contributed by atoms with E-state index in [1.165, 1.54) is 0 Å². The highest BCUT2D eigenvalue weighted by Gasteiger charge is 2.42. The first-order valence-electron chi connectivity index (χ1n) is 9.76. The Morgan fingerprint density at radius 2 is 1.87 bits per heavy atom. The highest BCUT2D eigenvalue weighted by atomic mass is 35.5. The van der Waals surface area contributed by atoms with Crippen molar-refractivity contribution in [3.8, 4) is 5.75 Å². The van der Waals surface area contributed by atoms with Crippen molar-refractivity contribution in [1.29, 1.82) is 0 Å². The molecule has 0 bridgehead atoms. The van der Waals surface area contributed by atoms with Gasteiger partial charge in [-0.3, -0.25) is 9.59 Å². The van der Waals surface area contributed by atoms with Crippen LogP contribution in [0.4, 0.5) is 0 Å². The molecule has 1 atom stereocenters. The molecule has 0 spiro atoms. The smallest absolute Gasteiger partial charge is 0.290 e. The average molecular weight is 427 g/mol. The topological polar surface area (TPSA) is 63.0 Å². The van der Waals surface area contributed by atoms with Crippen molar-refractivity contribution in [3.05, 3.63) is 74.6 Å². The van der Waals surface area contributed by atoms with Crippen molar-refractivity contribution in [2.24, 2.45) is 0 Å². The summed E-state index contributed by atoms with van der Waals surface area (Å²) in [5.74, 6) is 0.393. The van der Waals surface area contributed by atoms with Crippen LogP contribution in [-0.2, 0) is 0 Å². The second kappa shape index (κ2) is 8.13. The predicted octanol–water partition coefficient (Wildman–Crippen LogP) is 3.95. The van der Waals surface area contributed by atoms with E-state index in [1.54, 1.807) is 42.3 Å². The van der Waals surface area contributed by atoms with Gasteiger partial charge in [0.05, 0.1) is 24.1 Å². The lowest BCUT2D eigenvalue weighted by molar-refractivity contribution is 0.0722.